The van der Waals surface area contributed by atoms with Crippen LogP contribution in [0.15, 0.2) is 47.6 Å². The molecule has 0 unspecified atom stereocenters. The maximum absolute atomic E-state index is 5.82. The maximum atomic E-state index is 5.82. The summed E-state index contributed by atoms with van der Waals surface area (Å²) in [5.74, 6) is 0.667. The number of nitrogens with zero attached hydrogens (tertiary/aromatic N) is 3. The van der Waals surface area contributed by atoms with E-state index in [2.05, 4.69) is 46.3 Å². The highest BCUT2D eigenvalue weighted by atomic mass is 16.7. The Bertz CT molecular complexity index is 817. The van der Waals surface area contributed by atoms with Crippen molar-refractivity contribution in [2.45, 2.75) is 25.2 Å². The van der Waals surface area contributed by atoms with Crippen molar-refractivity contribution in [1.82, 2.24) is 4.98 Å². The van der Waals surface area contributed by atoms with Crippen LogP contribution in [0.25, 0.3) is 0 Å². The van der Waals surface area contributed by atoms with E-state index in [4.69, 9.17) is 14.5 Å². The van der Waals surface area contributed by atoms with Crippen LogP contribution in [0.5, 0.6) is 0 Å². The number of aromatic nitrogens is 1. The lowest BCUT2D eigenvalue weighted by atomic mass is 10.0. The largest absolute Gasteiger partial charge is 0.356 e. The van der Waals surface area contributed by atoms with Gasteiger partial charge >= 0.3 is 0 Å². The van der Waals surface area contributed by atoms with Gasteiger partial charge in [-0.05, 0) is 17.7 Å². The van der Waals surface area contributed by atoms with Crippen LogP contribution in [-0.2, 0) is 16.0 Å². The lowest BCUT2D eigenvalue weighted by Crippen LogP contribution is -2.45. The van der Waals surface area contributed by atoms with Gasteiger partial charge in [-0.15, -0.1) is 0 Å². The number of fused-ring (bicyclic) bond motifs is 1. The van der Waals surface area contributed by atoms with Gasteiger partial charge in [0.2, 0.25) is 0 Å². The highest BCUT2D eigenvalue weighted by molar-refractivity contribution is 6.15. The number of piperidine rings is 1. The second-order valence-electron chi connectivity index (χ2n) is 6.82. The fraction of sp³-hybridized carbons (Fsp3) is 0.400. The zero-order valence-corrected chi connectivity index (χ0v) is 14.1. The Hall–Kier alpha value is -2.24. The van der Waals surface area contributed by atoms with Crippen molar-refractivity contribution in [2.75, 3.05) is 31.2 Å². The first-order valence-corrected chi connectivity index (χ1v) is 8.95. The third kappa shape index (κ3) is 2.64. The third-order valence-corrected chi connectivity index (χ3v) is 5.36. The van der Waals surface area contributed by atoms with Gasteiger partial charge in [-0.3, -0.25) is 4.99 Å². The van der Waals surface area contributed by atoms with Gasteiger partial charge in [0.25, 0.3) is 0 Å². The first-order chi connectivity index (χ1) is 12.3. The molecular weight excluding hydrogens is 314 g/mol. The molecule has 5 nitrogen and oxygen atoms in total. The molecule has 0 bridgehead atoms. The molecule has 5 heteroatoms. The molecule has 2 fully saturated rings. The molecule has 0 aliphatic carbocycles. The summed E-state index contributed by atoms with van der Waals surface area (Å²) in [6, 6.07) is 12.7. The Labute approximate surface area is 147 Å². The zero-order chi connectivity index (χ0) is 16.7. The first-order valence-electron chi connectivity index (χ1n) is 8.95. The van der Waals surface area contributed by atoms with E-state index in [0.29, 0.717) is 13.2 Å². The summed E-state index contributed by atoms with van der Waals surface area (Å²) < 4.78 is 11.6. The van der Waals surface area contributed by atoms with Gasteiger partial charge in [0.1, 0.15) is 5.82 Å². The van der Waals surface area contributed by atoms with Crippen molar-refractivity contribution in [2.24, 2.45) is 4.99 Å². The number of aliphatic imine (C=N–C) groups is 1. The molecule has 1 aromatic carbocycles. The SMILES string of the molecule is c1ccc2c(c1)CN=C2c1ccnc(N2CCC3(CC2)OCCO3)c1. The zero-order valence-electron chi connectivity index (χ0n) is 14.1. The van der Waals surface area contributed by atoms with E-state index in [1.807, 2.05) is 6.20 Å². The minimum absolute atomic E-state index is 0.345. The summed E-state index contributed by atoms with van der Waals surface area (Å²) in [7, 11) is 0. The van der Waals surface area contributed by atoms with Crippen molar-refractivity contribution in [1.29, 1.82) is 0 Å². The number of hydrogen-bond donors (Lipinski definition) is 0. The fourth-order valence-electron chi connectivity index (χ4n) is 3.99. The van der Waals surface area contributed by atoms with Gasteiger partial charge in [0, 0.05) is 43.3 Å². The van der Waals surface area contributed by atoms with Crippen molar-refractivity contribution in [3.63, 3.8) is 0 Å². The van der Waals surface area contributed by atoms with Crippen molar-refractivity contribution < 1.29 is 9.47 Å². The number of pyridine rings is 1. The molecule has 3 aliphatic heterocycles. The van der Waals surface area contributed by atoms with Crippen molar-refractivity contribution >= 4 is 11.5 Å². The van der Waals surface area contributed by atoms with Crippen LogP contribution in [-0.4, -0.2) is 42.8 Å². The number of hydrogen-bond acceptors (Lipinski definition) is 5. The highest BCUT2D eigenvalue weighted by Crippen LogP contribution is 2.33. The van der Waals surface area contributed by atoms with Crippen molar-refractivity contribution in [3.05, 3.63) is 59.3 Å². The molecule has 0 radical (unpaired) electrons. The van der Waals surface area contributed by atoms with Gasteiger partial charge in [-0.25, -0.2) is 4.98 Å². The molecule has 4 heterocycles. The van der Waals surface area contributed by atoms with E-state index in [0.717, 1.165) is 49.6 Å². The Balaban J connectivity index is 1.38. The molecule has 0 saturated carbocycles. The first kappa shape index (κ1) is 15.0. The summed E-state index contributed by atoms with van der Waals surface area (Å²) in [6.07, 6.45) is 3.67. The monoisotopic (exact) mass is 335 g/mol. The molecule has 3 aliphatic rings. The van der Waals surface area contributed by atoms with Crippen LogP contribution < -0.4 is 4.90 Å². The van der Waals surface area contributed by atoms with E-state index >= 15 is 0 Å². The van der Waals surface area contributed by atoms with Gasteiger partial charge < -0.3 is 14.4 Å². The highest BCUT2D eigenvalue weighted by Gasteiger charge is 2.40. The topological polar surface area (TPSA) is 47.0 Å². The molecule has 1 aromatic heterocycles. The molecule has 2 aromatic rings. The Morgan fingerprint density at radius 2 is 1.80 bits per heavy atom. The van der Waals surface area contributed by atoms with E-state index in [9.17, 15) is 0 Å². The normalized spacial score (nSPS) is 21.4. The molecular formula is C20H21N3O2. The van der Waals surface area contributed by atoms with Gasteiger partial charge in [0.05, 0.1) is 25.5 Å². The molecule has 0 N–H and O–H groups in total. The van der Waals surface area contributed by atoms with Crippen LogP contribution in [0.3, 0.4) is 0 Å². The molecule has 0 atom stereocenters. The Morgan fingerprint density at radius 1 is 1.00 bits per heavy atom. The summed E-state index contributed by atoms with van der Waals surface area (Å²) >= 11 is 0. The molecule has 5 rings (SSSR count). The summed E-state index contributed by atoms with van der Waals surface area (Å²) in [4.78, 5) is 11.7. The van der Waals surface area contributed by atoms with Crippen molar-refractivity contribution in [3.8, 4) is 0 Å². The fourth-order valence-corrected chi connectivity index (χ4v) is 3.99. The smallest absolute Gasteiger partial charge is 0.171 e. The van der Waals surface area contributed by atoms with Gasteiger partial charge in [-0.1, -0.05) is 24.3 Å². The second-order valence-corrected chi connectivity index (χ2v) is 6.82. The van der Waals surface area contributed by atoms with E-state index < -0.39 is 0 Å². The number of rotatable bonds is 2. The molecule has 2 saturated heterocycles. The average Bonchev–Trinajstić information content (AvgIpc) is 3.30. The Morgan fingerprint density at radius 3 is 2.64 bits per heavy atom. The van der Waals surface area contributed by atoms with E-state index in [1.54, 1.807) is 0 Å². The third-order valence-electron chi connectivity index (χ3n) is 5.36. The predicted octanol–water partition coefficient (Wildman–Crippen LogP) is 2.78. The van der Waals surface area contributed by atoms with Crippen LogP contribution in [0, 0.1) is 0 Å². The minimum atomic E-state index is -0.345. The van der Waals surface area contributed by atoms with Crippen LogP contribution in [0.4, 0.5) is 5.82 Å². The molecule has 1 spiro atoms. The molecule has 0 amide bonds. The molecule has 25 heavy (non-hydrogen) atoms. The summed E-state index contributed by atoms with van der Waals surface area (Å²) in [5.41, 5.74) is 4.76. The quantitative estimate of drug-likeness (QED) is 0.847. The predicted molar refractivity (Wildman–Crippen MR) is 96.1 cm³/mol. The number of benzene rings is 1. The van der Waals surface area contributed by atoms with E-state index in [1.165, 1.54) is 11.1 Å². The lowest BCUT2D eigenvalue weighted by Gasteiger charge is -2.38. The van der Waals surface area contributed by atoms with E-state index in [-0.39, 0.29) is 5.79 Å². The summed E-state index contributed by atoms with van der Waals surface area (Å²) in [5, 5.41) is 0. The maximum Gasteiger partial charge on any atom is 0.171 e. The number of ether oxygens (including phenoxy) is 2. The van der Waals surface area contributed by atoms with Crippen LogP contribution in [0.1, 0.15) is 29.5 Å². The standard InChI is InChI=1S/C20H21N3O2/c1-2-4-17-16(3-1)14-22-19(17)15-5-8-21-18(13-15)23-9-6-20(7-10-23)24-11-12-25-20/h1-5,8,13H,6-7,9-12,14H2. The van der Waals surface area contributed by atoms with Gasteiger partial charge in [-0.2, -0.15) is 0 Å². The van der Waals surface area contributed by atoms with Crippen LogP contribution in [0.2, 0.25) is 0 Å². The van der Waals surface area contributed by atoms with Crippen LogP contribution >= 0.6 is 0 Å². The Kier molecular flexibility index (Phi) is 3.57. The average molecular weight is 335 g/mol. The minimum Gasteiger partial charge on any atom is -0.356 e. The lowest BCUT2D eigenvalue weighted by molar-refractivity contribution is -0.169. The molecule has 128 valence electrons. The number of anilines is 1. The second kappa shape index (κ2) is 5.93. The summed E-state index contributed by atoms with van der Waals surface area (Å²) in [6.45, 7) is 4.00. The van der Waals surface area contributed by atoms with Gasteiger partial charge in [0.15, 0.2) is 5.79 Å².